The molecule has 1 aliphatic rings. The first-order chi connectivity index (χ1) is 8.56. The summed E-state index contributed by atoms with van der Waals surface area (Å²) in [6, 6.07) is 6.48. The van der Waals surface area contributed by atoms with Gasteiger partial charge in [0.15, 0.2) is 0 Å². The second kappa shape index (κ2) is 4.89. The van der Waals surface area contributed by atoms with Gasteiger partial charge in [0, 0.05) is 0 Å². The van der Waals surface area contributed by atoms with Crippen molar-refractivity contribution < 1.29 is 14.4 Å². The molecule has 1 atom stereocenters. The summed E-state index contributed by atoms with van der Waals surface area (Å²) in [5, 5.41) is 0.761. The lowest BCUT2D eigenvalue weighted by atomic mass is 10.1. The van der Waals surface area contributed by atoms with Crippen LogP contribution in [0.15, 0.2) is 24.3 Å². The van der Waals surface area contributed by atoms with Crippen LogP contribution < -0.4 is 5.43 Å². The summed E-state index contributed by atoms with van der Waals surface area (Å²) in [5.74, 6) is -1.41. The molecular weight excluding hydrogens is 300 g/mol. The number of hydrogen-bond acceptors (Lipinski definition) is 3. The lowest BCUT2D eigenvalue weighted by Gasteiger charge is -2.16. The molecule has 1 aromatic rings. The Morgan fingerprint density at radius 2 is 1.78 bits per heavy atom. The largest absolute Gasteiger partial charge is 0.280 e. The molecule has 0 fully saturated rings. The molecule has 0 bridgehead atoms. The Labute approximate surface area is 112 Å². The van der Waals surface area contributed by atoms with E-state index in [9.17, 15) is 14.4 Å². The molecule has 3 amide bonds. The molecular formula is C12H11BrN2O3. The van der Waals surface area contributed by atoms with E-state index in [0.717, 1.165) is 5.01 Å². The third-order valence-corrected chi connectivity index (χ3v) is 3.72. The van der Waals surface area contributed by atoms with Crippen LogP contribution in [-0.2, 0) is 4.79 Å². The van der Waals surface area contributed by atoms with Gasteiger partial charge in [0.2, 0.25) is 0 Å². The fraction of sp³-hybridized carbons (Fsp3) is 0.250. The van der Waals surface area contributed by atoms with E-state index in [0.29, 0.717) is 17.5 Å². The third kappa shape index (κ3) is 2.03. The van der Waals surface area contributed by atoms with Crippen LogP contribution in [0.5, 0.6) is 0 Å². The van der Waals surface area contributed by atoms with E-state index in [2.05, 4.69) is 21.4 Å². The van der Waals surface area contributed by atoms with E-state index >= 15 is 0 Å². The van der Waals surface area contributed by atoms with Crippen molar-refractivity contribution in [1.82, 2.24) is 10.4 Å². The number of amides is 3. The molecule has 1 unspecified atom stereocenters. The zero-order chi connectivity index (χ0) is 13.3. The van der Waals surface area contributed by atoms with Gasteiger partial charge < -0.3 is 0 Å². The smallest absolute Gasteiger partial charge is 0.272 e. The van der Waals surface area contributed by atoms with E-state index in [1.165, 1.54) is 0 Å². The van der Waals surface area contributed by atoms with Gasteiger partial charge in [-0.25, -0.2) is 0 Å². The highest BCUT2D eigenvalue weighted by Gasteiger charge is 2.37. The zero-order valence-corrected chi connectivity index (χ0v) is 11.2. The van der Waals surface area contributed by atoms with Crippen molar-refractivity contribution in [1.29, 1.82) is 0 Å². The summed E-state index contributed by atoms with van der Waals surface area (Å²) in [6.45, 7) is 1.82. The molecule has 1 N–H and O–H groups in total. The van der Waals surface area contributed by atoms with Gasteiger partial charge in [-0.1, -0.05) is 35.0 Å². The Hall–Kier alpha value is -1.69. The Morgan fingerprint density at radius 1 is 1.28 bits per heavy atom. The number of hydrazine groups is 1. The van der Waals surface area contributed by atoms with Crippen molar-refractivity contribution in [2.24, 2.45) is 0 Å². The first-order valence-corrected chi connectivity index (χ1v) is 6.40. The van der Waals surface area contributed by atoms with Gasteiger partial charge in [-0.05, 0) is 18.6 Å². The number of benzene rings is 1. The molecule has 6 heteroatoms. The first kappa shape index (κ1) is 12.8. The van der Waals surface area contributed by atoms with Gasteiger partial charge in [0.25, 0.3) is 17.7 Å². The normalized spacial score (nSPS) is 15.6. The summed E-state index contributed by atoms with van der Waals surface area (Å²) in [6.07, 6.45) is 0.564. The maximum absolute atomic E-state index is 11.9. The van der Waals surface area contributed by atoms with Crippen molar-refractivity contribution in [2.75, 3.05) is 0 Å². The second-order valence-corrected chi connectivity index (χ2v) is 4.95. The maximum Gasteiger partial charge on any atom is 0.280 e. The third-order valence-electron chi connectivity index (χ3n) is 2.66. The zero-order valence-electron chi connectivity index (χ0n) is 9.64. The van der Waals surface area contributed by atoms with E-state index in [1.54, 1.807) is 24.3 Å². The molecule has 0 saturated carbocycles. The Bertz CT molecular complexity index is 495. The van der Waals surface area contributed by atoms with Crippen LogP contribution in [0.2, 0.25) is 0 Å². The molecule has 18 heavy (non-hydrogen) atoms. The highest BCUT2D eigenvalue weighted by Crippen LogP contribution is 2.21. The quantitative estimate of drug-likeness (QED) is 0.679. The van der Waals surface area contributed by atoms with E-state index < -0.39 is 22.5 Å². The lowest BCUT2D eigenvalue weighted by Crippen LogP contribution is -2.48. The number of alkyl halides is 1. The number of carbonyl (C=O) groups is 3. The SMILES string of the molecule is CCC(Br)C(=O)NN1C(=O)c2ccccc2C1=O. The summed E-state index contributed by atoms with van der Waals surface area (Å²) in [7, 11) is 0. The molecule has 5 nitrogen and oxygen atoms in total. The molecule has 1 aliphatic heterocycles. The Kier molecular flexibility index (Phi) is 3.47. The van der Waals surface area contributed by atoms with E-state index in [-0.39, 0.29) is 0 Å². The second-order valence-electron chi connectivity index (χ2n) is 3.84. The number of halogens is 1. The molecule has 0 saturated heterocycles. The van der Waals surface area contributed by atoms with Crippen molar-refractivity contribution in [3.05, 3.63) is 35.4 Å². The molecule has 1 aromatic carbocycles. The van der Waals surface area contributed by atoms with Crippen LogP contribution in [-0.4, -0.2) is 27.6 Å². The summed E-state index contributed by atoms with van der Waals surface area (Å²) in [5.41, 5.74) is 2.95. The fourth-order valence-electron chi connectivity index (χ4n) is 1.66. The molecule has 0 aliphatic carbocycles. The van der Waals surface area contributed by atoms with Crippen LogP contribution in [0, 0.1) is 0 Å². The Morgan fingerprint density at radius 3 is 2.22 bits per heavy atom. The highest BCUT2D eigenvalue weighted by atomic mass is 79.9. The van der Waals surface area contributed by atoms with Crippen molar-refractivity contribution in [3.8, 4) is 0 Å². The predicted octanol–water partition coefficient (Wildman–Crippen LogP) is 1.49. The number of imide groups is 1. The number of nitrogens with one attached hydrogen (secondary N) is 1. The molecule has 94 valence electrons. The Balaban J connectivity index is 2.22. The fourth-order valence-corrected chi connectivity index (χ4v) is 1.76. The number of carbonyl (C=O) groups excluding carboxylic acids is 3. The van der Waals surface area contributed by atoms with Crippen LogP contribution >= 0.6 is 15.9 Å². The minimum absolute atomic E-state index is 0.311. The average molecular weight is 311 g/mol. The predicted molar refractivity (Wildman–Crippen MR) is 68.1 cm³/mol. The van der Waals surface area contributed by atoms with Crippen molar-refractivity contribution >= 4 is 33.7 Å². The molecule has 1 heterocycles. The van der Waals surface area contributed by atoms with E-state index in [4.69, 9.17) is 0 Å². The van der Waals surface area contributed by atoms with Crippen LogP contribution in [0.3, 0.4) is 0 Å². The van der Waals surface area contributed by atoms with Gasteiger partial charge >= 0.3 is 0 Å². The standard InChI is InChI=1S/C12H11BrN2O3/c1-2-9(13)10(16)14-15-11(17)7-5-3-4-6-8(7)12(15)18/h3-6,9H,2H2,1H3,(H,14,16). The average Bonchev–Trinajstić information content (AvgIpc) is 2.63. The maximum atomic E-state index is 11.9. The topological polar surface area (TPSA) is 66.5 Å². The molecule has 0 aromatic heterocycles. The minimum Gasteiger partial charge on any atom is -0.272 e. The van der Waals surface area contributed by atoms with Crippen LogP contribution in [0.4, 0.5) is 0 Å². The van der Waals surface area contributed by atoms with Crippen molar-refractivity contribution in [3.63, 3.8) is 0 Å². The molecule has 0 spiro atoms. The number of nitrogens with zero attached hydrogens (tertiary/aromatic N) is 1. The number of fused-ring (bicyclic) bond motifs is 1. The van der Waals surface area contributed by atoms with Crippen LogP contribution in [0.1, 0.15) is 34.1 Å². The van der Waals surface area contributed by atoms with Gasteiger partial charge in [-0.15, -0.1) is 0 Å². The van der Waals surface area contributed by atoms with Crippen LogP contribution in [0.25, 0.3) is 0 Å². The molecule has 0 radical (unpaired) electrons. The first-order valence-electron chi connectivity index (χ1n) is 5.48. The summed E-state index contributed by atoms with van der Waals surface area (Å²) < 4.78 is 0. The summed E-state index contributed by atoms with van der Waals surface area (Å²) >= 11 is 3.16. The van der Waals surface area contributed by atoms with Gasteiger partial charge in [0.05, 0.1) is 16.0 Å². The van der Waals surface area contributed by atoms with E-state index in [1.807, 2.05) is 6.92 Å². The molecule has 2 rings (SSSR count). The summed E-state index contributed by atoms with van der Waals surface area (Å²) in [4.78, 5) is 35.1. The van der Waals surface area contributed by atoms with Gasteiger partial charge in [0.1, 0.15) is 0 Å². The highest BCUT2D eigenvalue weighted by molar-refractivity contribution is 9.10. The minimum atomic E-state index is -0.500. The lowest BCUT2D eigenvalue weighted by molar-refractivity contribution is -0.123. The number of rotatable bonds is 3. The monoisotopic (exact) mass is 310 g/mol. The van der Waals surface area contributed by atoms with Crippen molar-refractivity contribution in [2.45, 2.75) is 18.2 Å². The van der Waals surface area contributed by atoms with Gasteiger partial charge in [-0.3, -0.25) is 19.8 Å². The number of hydrogen-bond donors (Lipinski definition) is 1. The van der Waals surface area contributed by atoms with Gasteiger partial charge in [-0.2, -0.15) is 5.01 Å².